The van der Waals surface area contributed by atoms with Crippen molar-refractivity contribution >= 4 is 23.7 Å². The highest BCUT2D eigenvalue weighted by Gasteiger charge is 2.18. The molecule has 0 aliphatic rings. The van der Waals surface area contributed by atoms with E-state index in [0.717, 1.165) is 32.2 Å². The second kappa shape index (κ2) is 8.32. The number of hydrogen-bond acceptors (Lipinski definition) is 4. The van der Waals surface area contributed by atoms with Gasteiger partial charge in [-0.05, 0) is 31.6 Å². The molecule has 5 heteroatoms. The fourth-order valence-electron chi connectivity index (χ4n) is 2.03. The Hall–Kier alpha value is -1.16. The van der Waals surface area contributed by atoms with Crippen LogP contribution in [0, 0.1) is 18.8 Å². The predicted molar refractivity (Wildman–Crippen MR) is 88.3 cm³/mol. The molecule has 0 bridgehead atoms. The Bertz CT molecular complexity index is 463. The molecule has 0 fully saturated rings. The molecule has 0 atom stereocenters. The van der Waals surface area contributed by atoms with Crippen LogP contribution in [-0.4, -0.2) is 29.3 Å². The van der Waals surface area contributed by atoms with E-state index in [2.05, 4.69) is 42.6 Å². The van der Waals surface area contributed by atoms with Gasteiger partial charge in [0.15, 0.2) is 6.29 Å². The number of carbonyl (C=O) groups is 1. The molecular formula is C16H26ClN3O. The number of aldehydes is 1. The summed E-state index contributed by atoms with van der Waals surface area (Å²) in [6.07, 6.45) is 2.86. The lowest BCUT2D eigenvalue weighted by Gasteiger charge is -2.27. The first-order valence-corrected chi connectivity index (χ1v) is 7.97. The van der Waals surface area contributed by atoms with Gasteiger partial charge in [0, 0.05) is 13.1 Å². The van der Waals surface area contributed by atoms with Crippen molar-refractivity contribution in [3.8, 4) is 0 Å². The normalized spacial score (nSPS) is 11.2. The summed E-state index contributed by atoms with van der Waals surface area (Å²) in [7, 11) is 0. The Balaban J connectivity index is 3.08. The van der Waals surface area contributed by atoms with Crippen LogP contribution >= 0.6 is 11.6 Å². The maximum Gasteiger partial charge on any atom is 0.156 e. The smallest absolute Gasteiger partial charge is 0.156 e. The molecule has 4 nitrogen and oxygen atoms in total. The van der Waals surface area contributed by atoms with Crippen molar-refractivity contribution in [2.24, 2.45) is 11.8 Å². The lowest BCUT2D eigenvalue weighted by Crippen LogP contribution is -2.30. The highest BCUT2D eigenvalue weighted by atomic mass is 35.5. The van der Waals surface area contributed by atoms with Crippen LogP contribution in [0.4, 0.5) is 5.82 Å². The minimum absolute atomic E-state index is 0.242. The summed E-state index contributed by atoms with van der Waals surface area (Å²) < 4.78 is 0. The Morgan fingerprint density at radius 3 is 2.05 bits per heavy atom. The lowest BCUT2D eigenvalue weighted by atomic mass is 10.1. The molecule has 1 aromatic heterocycles. The molecule has 1 aromatic rings. The van der Waals surface area contributed by atoms with E-state index in [9.17, 15) is 4.79 Å². The third-order valence-electron chi connectivity index (χ3n) is 3.36. The second-order valence-corrected chi connectivity index (χ2v) is 6.63. The maximum absolute atomic E-state index is 11.3. The fraction of sp³-hybridized carbons (Fsp3) is 0.688. The van der Waals surface area contributed by atoms with Crippen molar-refractivity contribution < 1.29 is 4.79 Å². The van der Waals surface area contributed by atoms with Crippen LogP contribution in [0.5, 0.6) is 0 Å². The quantitative estimate of drug-likeness (QED) is 0.534. The van der Waals surface area contributed by atoms with Crippen LogP contribution in [0.25, 0.3) is 0 Å². The summed E-state index contributed by atoms with van der Waals surface area (Å²) in [4.78, 5) is 22.1. The largest absolute Gasteiger partial charge is 0.356 e. The van der Waals surface area contributed by atoms with Gasteiger partial charge in [0.25, 0.3) is 0 Å². The molecule has 0 spiro atoms. The van der Waals surface area contributed by atoms with E-state index in [1.807, 2.05) is 0 Å². The fourth-order valence-corrected chi connectivity index (χ4v) is 2.28. The number of rotatable bonds is 8. The van der Waals surface area contributed by atoms with Gasteiger partial charge in [-0.15, -0.1) is 0 Å². The third-order valence-corrected chi connectivity index (χ3v) is 3.65. The topological polar surface area (TPSA) is 46.1 Å². The zero-order valence-electron chi connectivity index (χ0n) is 13.7. The van der Waals surface area contributed by atoms with Crippen LogP contribution in [0.2, 0.25) is 5.15 Å². The van der Waals surface area contributed by atoms with Gasteiger partial charge in [-0.25, -0.2) is 9.97 Å². The Morgan fingerprint density at radius 2 is 1.62 bits per heavy atom. The van der Waals surface area contributed by atoms with Crippen molar-refractivity contribution in [1.82, 2.24) is 9.97 Å². The van der Waals surface area contributed by atoms with Gasteiger partial charge in [0.05, 0.1) is 5.56 Å². The molecule has 0 radical (unpaired) electrons. The molecule has 1 rings (SSSR count). The number of carbonyl (C=O) groups excluding carboxylic acids is 1. The van der Waals surface area contributed by atoms with Gasteiger partial charge in [-0.1, -0.05) is 39.3 Å². The Morgan fingerprint density at radius 1 is 1.10 bits per heavy atom. The molecule has 0 N–H and O–H groups in total. The summed E-state index contributed by atoms with van der Waals surface area (Å²) >= 11 is 6.10. The van der Waals surface area contributed by atoms with Gasteiger partial charge in [0.2, 0.25) is 0 Å². The zero-order valence-corrected chi connectivity index (χ0v) is 14.4. The molecule has 0 saturated heterocycles. The van der Waals surface area contributed by atoms with Crippen LogP contribution in [-0.2, 0) is 0 Å². The summed E-state index contributed by atoms with van der Waals surface area (Å²) in [6, 6.07) is 0. The van der Waals surface area contributed by atoms with Gasteiger partial charge >= 0.3 is 0 Å². The van der Waals surface area contributed by atoms with Crippen LogP contribution in [0.1, 0.15) is 56.7 Å². The van der Waals surface area contributed by atoms with Gasteiger partial charge < -0.3 is 4.90 Å². The number of hydrogen-bond donors (Lipinski definition) is 0. The van der Waals surface area contributed by atoms with E-state index < -0.39 is 0 Å². The van der Waals surface area contributed by atoms with Crippen LogP contribution in [0.15, 0.2) is 0 Å². The van der Waals surface area contributed by atoms with E-state index in [0.29, 0.717) is 29.0 Å². The molecule has 0 amide bonds. The predicted octanol–water partition coefficient (Wildman–Crippen LogP) is 4.15. The highest BCUT2D eigenvalue weighted by molar-refractivity contribution is 6.32. The monoisotopic (exact) mass is 311 g/mol. The first-order valence-electron chi connectivity index (χ1n) is 7.59. The highest BCUT2D eigenvalue weighted by Crippen LogP contribution is 2.24. The average Bonchev–Trinajstić information content (AvgIpc) is 2.37. The first kappa shape index (κ1) is 17.9. The van der Waals surface area contributed by atoms with Gasteiger partial charge in [0.1, 0.15) is 16.8 Å². The molecule has 0 aliphatic heterocycles. The maximum atomic E-state index is 11.3. The standard InChI is InChI=1S/C16H26ClN3O/c1-11(2)6-8-20(9-7-12(3)4)16-14(10-21)15(17)18-13(5)19-16/h10-12H,6-9H2,1-5H3. The van der Waals surface area contributed by atoms with E-state index in [4.69, 9.17) is 11.6 Å². The minimum Gasteiger partial charge on any atom is -0.356 e. The molecular weight excluding hydrogens is 286 g/mol. The van der Waals surface area contributed by atoms with E-state index in [1.165, 1.54) is 0 Å². The number of aromatic nitrogens is 2. The molecule has 1 heterocycles. The van der Waals surface area contributed by atoms with E-state index >= 15 is 0 Å². The van der Waals surface area contributed by atoms with E-state index in [1.54, 1.807) is 6.92 Å². The molecule has 0 aromatic carbocycles. The summed E-state index contributed by atoms with van der Waals surface area (Å²) in [5.74, 6) is 2.47. The first-order chi connectivity index (χ1) is 9.85. The Kier molecular flexibility index (Phi) is 7.09. The third kappa shape index (κ3) is 5.62. The zero-order chi connectivity index (χ0) is 16.0. The second-order valence-electron chi connectivity index (χ2n) is 6.27. The van der Waals surface area contributed by atoms with Crippen molar-refractivity contribution in [3.63, 3.8) is 0 Å². The van der Waals surface area contributed by atoms with E-state index in [-0.39, 0.29) is 5.15 Å². The molecule has 0 saturated carbocycles. The lowest BCUT2D eigenvalue weighted by molar-refractivity contribution is 0.112. The van der Waals surface area contributed by atoms with Crippen molar-refractivity contribution in [1.29, 1.82) is 0 Å². The molecule has 118 valence electrons. The number of nitrogens with zero attached hydrogens (tertiary/aromatic N) is 3. The SMILES string of the molecule is Cc1nc(Cl)c(C=O)c(N(CCC(C)C)CCC(C)C)n1. The van der Waals surface area contributed by atoms with Crippen molar-refractivity contribution in [2.45, 2.75) is 47.5 Å². The van der Waals surface area contributed by atoms with Crippen LogP contribution < -0.4 is 4.90 Å². The summed E-state index contributed by atoms with van der Waals surface area (Å²) in [5.41, 5.74) is 0.398. The molecule has 0 aliphatic carbocycles. The molecule has 0 unspecified atom stereocenters. The van der Waals surface area contributed by atoms with Crippen LogP contribution in [0.3, 0.4) is 0 Å². The van der Waals surface area contributed by atoms with Gasteiger partial charge in [-0.2, -0.15) is 0 Å². The number of anilines is 1. The van der Waals surface area contributed by atoms with Crippen molar-refractivity contribution in [2.75, 3.05) is 18.0 Å². The Labute approximate surface area is 132 Å². The summed E-state index contributed by atoms with van der Waals surface area (Å²) in [5, 5.41) is 0.242. The molecule has 21 heavy (non-hydrogen) atoms. The minimum atomic E-state index is 0.242. The van der Waals surface area contributed by atoms with Gasteiger partial charge in [-0.3, -0.25) is 4.79 Å². The number of halogens is 1. The van der Waals surface area contributed by atoms with Crippen molar-refractivity contribution in [3.05, 3.63) is 16.5 Å². The summed E-state index contributed by atoms with van der Waals surface area (Å²) in [6.45, 7) is 12.3. The average molecular weight is 312 g/mol. The number of aryl methyl sites for hydroxylation is 1.